The van der Waals surface area contributed by atoms with Crippen LogP contribution >= 0.6 is 0 Å². The van der Waals surface area contributed by atoms with E-state index in [0.717, 1.165) is 0 Å². The summed E-state index contributed by atoms with van der Waals surface area (Å²) in [6, 6.07) is -1.02. The first-order valence-electron chi connectivity index (χ1n) is 5.13. The number of carbonyl (C=O) groups excluding carboxylic acids is 1. The van der Waals surface area contributed by atoms with Crippen LogP contribution in [0, 0.1) is 5.92 Å². The Hall–Kier alpha value is -1.14. The molecule has 0 saturated heterocycles. The fraction of sp³-hybridized carbons (Fsp3) is 0.800. The van der Waals surface area contributed by atoms with Gasteiger partial charge in [-0.2, -0.15) is 0 Å². The number of hydrogen-bond acceptors (Lipinski definition) is 4. The minimum atomic E-state index is -1.14. The summed E-state index contributed by atoms with van der Waals surface area (Å²) in [5.41, 5.74) is 0. The number of rotatable bonds is 8. The predicted molar refractivity (Wildman–Crippen MR) is 56.9 cm³/mol. The molecule has 0 aliphatic rings. The minimum absolute atomic E-state index is 0.0136. The standard InChI is InChI=1S/C10H19NO5/c1-7(6-16-2)5-9(13)11-8(3-4-12)10(14)15/h7-8,12H,3-6H2,1-2H3,(H,11,13)(H,14,15). The zero-order valence-electron chi connectivity index (χ0n) is 9.60. The van der Waals surface area contributed by atoms with E-state index >= 15 is 0 Å². The highest BCUT2D eigenvalue weighted by atomic mass is 16.5. The van der Waals surface area contributed by atoms with Gasteiger partial charge in [0.15, 0.2) is 0 Å². The summed E-state index contributed by atoms with van der Waals surface area (Å²) in [5.74, 6) is -1.44. The molecule has 0 rings (SSSR count). The molecular weight excluding hydrogens is 214 g/mol. The van der Waals surface area contributed by atoms with Gasteiger partial charge in [0.2, 0.25) is 5.91 Å². The number of hydrogen-bond donors (Lipinski definition) is 3. The first-order chi connectivity index (χ1) is 7.51. The lowest BCUT2D eigenvalue weighted by molar-refractivity contribution is -0.142. The Bertz CT molecular complexity index is 231. The normalized spacial score (nSPS) is 14.2. The van der Waals surface area contributed by atoms with Gasteiger partial charge in [0.1, 0.15) is 6.04 Å². The molecule has 0 saturated carbocycles. The second-order valence-electron chi connectivity index (χ2n) is 3.74. The molecule has 16 heavy (non-hydrogen) atoms. The third-order valence-corrected chi connectivity index (χ3v) is 2.04. The zero-order chi connectivity index (χ0) is 12.6. The van der Waals surface area contributed by atoms with E-state index in [-0.39, 0.29) is 31.3 Å². The van der Waals surface area contributed by atoms with Crippen LogP contribution in [0.3, 0.4) is 0 Å². The molecule has 0 radical (unpaired) electrons. The van der Waals surface area contributed by atoms with Gasteiger partial charge in [0, 0.05) is 33.2 Å². The summed E-state index contributed by atoms with van der Waals surface area (Å²) in [7, 11) is 1.54. The Morgan fingerprint density at radius 1 is 1.44 bits per heavy atom. The van der Waals surface area contributed by atoms with E-state index in [1.54, 1.807) is 7.11 Å². The van der Waals surface area contributed by atoms with Crippen LogP contribution in [0.2, 0.25) is 0 Å². The van der Waals surface area contributed by atoms with Crippen LogP contribution in [0.25, 0.3) is 0 Å². The van der Waals surface area contributed by atoms with Crippen molar-refractivity contribution in [1.29, 1.82) is 0 Å². The van der Waals surface area contributed by atoms with Gasteiger partial charge in [-0.05, 0) is 5.92 Å². The zero-order valence-corrected chi connectivity index (χ0v) is 9.60. The highest BCUT2D eigenvalue weighted by Crippen LogP contribution is 2.02. The monoisotopic (exact) mass is 233 g/mol. The number of nitrogens with one attached hydrogen (secondary N) is 1. The molecule has 0 aliphatic heterocycles. The van der Waals surface area contributed by atoms with Crippen molar-refractivity contribution in [2.75, 3.05) is 20.3 Å². The van der Waals surface area contributed by atoms with Crippen molar-refractivity contribution < 1.29 is 24.5 Å². The third-order valence-electron chi connectivity index (χ3n) is 2.04. The van der Waals surface area contributed by atoms with E-state index in [1.807, 2.05) is 6.92 Å². The van der Waals surface area contributed by atoms with Crippen molar-refractivity contribution in [2.45, 2.75) is 25.8 Å². The van der Waals surface area contributed by atoms with Crippen molar-refractivity contribution in [2.24, 2.45) is 5.92 Å². The van der Waals surface area contributed by atoms with Gasteiger partial charge in [0.05, 0.1) is 0 Å². The number of carbonyl (C=O) groups is 2. The molecule has 0 heterocycles. The molecule has 6 heteroatoms. The number of carboxylic acid groups (broad SMARTS) is 1. The number of aliphatic carboxylic acids is 1. The number of ether oxygens (including phenoxy) is 1. The number of aliphatic hydroxyl groups excluding tert-OH is 1. The Labute approximate surface area is 94.6 Å². The van der Waals surface area contributed by atoms with Gasteiger partial charge in [-0.1, -0.05) is 6.92 Å². The van der Waals surface area contributed by atoms with E-state index in [2.05, 4.69) is 5.32 Å². The van der Waals surface area contributed by atoms with E-state index in [4.69, 9.17) is 14.9 Å². The molecule has 0 spiro atoms. The molecular formula is C10H19NO5. The van der Waals surface area contributed by atoms with E-state index in [1.165, 1.54) is 0 Å². The molecule has 6 nitrogen and oxygen atoms in total. The summed E-state index contributed by atoms with van der Waals surface area (Å²) in [6.45, 7) is 2.01. The van der Waals surface area contributed by atoms with E-state index < -0.39 is 12.0 Å². The van der Waals surface area contributed by atoms with Crippen molar-refractivity contribution >= 4 is 11.9 Å². The number of methoxy groups -OCH3 is 1. The Balaban J connectivity index is 4.04. The van der Waals surface area contributed by atoms with Crippen LogP contribution in [-0.2, 0) is 14.3 Å². The Kier molecular flexibility index (Phi) is 7.49. The molecule has 0 aromatic carbocycles. The average molecular weight is 233 g/mol. The second-order valence-corrected chi connectivity index (χ2v) is 3.74. The minimum Gasteiger partial charge on any atom is -0.480 e. The molecule has 0 fully saturated rings. The van der Waals surface area contributed by atoms with Crippen LogP contribution in [0.15, 0.2) is 0 Å². The summed E-state index contributed by atoms with van der Waals surface area (Å²) in [6.07, 6.45) is 0.225. The van der Waals surface area contributed by atoms with Gasteiger partial charge in [0.25, 0.3) is 0 Å². The van der Waals surface area contributed by atoms with Gasteiger partial charge < -0.3 is 20.3 Å². The highest BCUT2D eigenvalue weighted by Gasteiger charge is 2.20. The van der Waals surface area contributed by atoms with E-state index in [0.29, 0.717) is 6.61 Å². The molecule has 2 unspecified atom stereocenters. The van der Waals surface area contributed by atoms with Gasteiger partial charge in [-0.3, -0.25) is 4.79 Å². The lowest BCUT2D eigenvalue weighted by atomic mass is 10.1. The SMILES string of the molecule is COCC(C)CC(=O)NC(CCO)C(=O)O. The average Bonchev–Trinajstić information content (AvgIpc) is 2.16. The van der Waals surface area contributed by atoms with Crippen molar-refractivity contribution in [3.05, 3.63) is 0 Å². The molecule has 0 aromatic heterocycles. The number of carboxylic acids is 1. The van der Waals surface area contributed by atoms with Crippen molar-refractivity contribution in [1.82, 2.24) is 5.32 Å². The van der Waals surface area contributed by atoms with Crippen LogP contribution in [0.4, 0.5) is 0 Å². The van der Waals surface area contributed by atoms with Crippen LogP contribution in [-0.4, -0.2) is 48.5 Å². The maximum atomic E-state index is 11.4. The summed E-state index contributed by atoms with van der Waals surface area (Å²) >= 11 is 0. The Morgan fingerprint density at radius 3 is 2.50 bits per heavy atom. The van der Waals surface area contributed by atoms with Crippen LogP contribution in [0.5, 0.6) is 0 Å². The quantitative estimate of drug-likeness (QED) is 0.530. The van der Waals surface area contributed by atoms with Crippen LogP contribution < -0.4 is 5.32 Å². The first kappa shape index (κ1) is 14.9. The lowest BCUT2D eigenvalue weighted by Gasteiger charge is -2.15. The summed E-state index contributed by atoms with van der Waals surface area (Å²) in [5, 5.41) is 19.7. The lowest BCUT2D eigenvalue weighted by Crippen LogP contribution is -2.42. The van der Waals surface area contributed by atoms with Gasteiger partial charge in [-0.25, -0.2) is 4.79 Å². The molecule has 0 aliphatic carbocycles. The largest absolute Gasteiger partial charge is 0.480 e. The molecule has 2 atom stereocenters. The second kappa shape index (κ2) is 8.06. The molecule has 94 valence electrons. The molecule has 0 aromatic rings. The predicted octanol–water partition coefficient (Wildman–Crippen LogP) is -0.389. The van der Waals surface area contributed by atoms with Crippen LogP contribution in [0.1, 0.15) is 19.8 Å². The van der Waals surface area contributed by atoms with Crippen molar-refractivity contribution in [3.63, 3.8) is 0 Å². The fourth-order valence-corrected chi connectivity index (χ4v) is 1.30. The fourth-order valence-electron chi connectivity index (χ4n) is 1.30. The first-order valence-corrected chi connectivity index (χ1v) is 5.13. The smallest absolute Gasteiger partial charge is 0.326 e. The van der Waals surface area contributed by atoms with Crippen molar-refractivity contribution in [3.8, 4) is 0 Å². The topological polar surface area (TPSA) is 95.9 Å². The number of aliphatic hydroxyl groups is 1. The maximum Gasteiger partial charge on any atom is 0.326 e. The highest BCUT2D eigenvalue weighted by molar-refractivity contribution is 5.83. The molecule has 1 amide bonds. The molecule has 0 bridgehead atoms. The Morgan fingerprint density at radius 2 is 2.06 bits per heavy atom. The maximum absolute atomic E-state index is 11.4. The molecule has 3 N–H and O–H groups in total. The number of amides is 1. The summed E-state index contributed by atoms with van der Waals surface area (Å²) < 4.78 is 4.87. The van der Waals surface area contributed by atoms with E-state index in [9.17, 15) is 9.59 Å². The van der Waals surface area contributed by atoms with Gasteiger partial charge >= 0.3 is 5.97 Å². The third kappa shape index (κ3) is 6.36. The van der Waals surface area contributed by atoms with Gasteiger partial charge in [-0.15, -0.1) is 0 Å². The summed E-state index contributed by atoms with van der Waals surface area (Å²) in [4.78, 5) is 22.1.